The second-order valence-corrected chi connectivity index (χ2v) is 12.2. The molecule has 1 saturated carbocycles. The van der Waals surface area contributed by atoms with E-state index in [0.717, 1.165) is 66.7 Å². The van der Waals surface area contributed by atoms with E-state index >= 15 is 0 Å². The number of pyridine rings is 1. The predicted molar refractivity (Wildman–Crippen MR) is 153 cm³/mol. The van der Waals surface area contributed by atoms with Gasteiger partial charge in [-0.15, -0.1) is 11.3 Å². The van der Waals surface area contributed by atoms with Crippen molar-refractivity contribution in [2.45, 2.75) is 63.8 Å². The molecule has 3 aromatic rings. The maximum absolute atomic E-state index is 14.0. The van der Waals surface area contributed by atoms with Gasteiger partial charge in [0.25, 0.3) is 0 Å². The van der Waals surface area contributed by atoms with Crippen LogP contribution in [0.25, 0.3) is 11.2 Å². The fourth-order valence-corrected chi connectivity index (χ4v) is 7.16. The summed E-state index contributed by atoms with van der Waals surface area (Å²) >= 11 is 1.27. The molecule has 0 aromatic carbocycles. The zero-order valence-corrected chi connectivity index (χ0v) is 23.1. The number of thiophene rings is 1. The number of carboxylic acids is 1. The lowest BCUT2D eigenvalue weighted by Gasteiger charge is -2.37. The number of anilines is 1. The zero-order chi connectivity index (χ0) is 26.9. The molecule has 204 valence electrons. The van der Waals surface area contributed by atoms with Crippen molar-refractivity contribution in [1.82, 2.24) is 9.38 Å². The molecule has 6 rings (SSSR count). The van der Waals surface area contributed by atoms with Gasteiger partial charge in [-0.2, -0.15) is 0 Å². The van der Waals surface area contributed by atoms with Gasteiger partial charge in [-0.1, -0.05) is 31.2 Å². The van der Waals surface area contributed by atoms with Crippen LogP contribution in [0.4, 0.5) is 5.69 Å². The first-order valence-corrected chi connectivity index (χ1v) is 14.9. The van der Waals surface area contributed by atoms with E-state index in [1.807, 2.05) is 39.8 Å². The van der Waals surface area contributed by atoms with E-state index < -0.39 is 5.97 Å². The fraction of sp³-hybridized carbons (Fsp3) is 0.452. The van der Waals surface area contributed by atoms with Crippen LogP contribution in [-0.4, -0.2) is 45.6 Å². The summed E-state index contributed by atoms with van der Waals surface area (Å²) in [5, 5.41) is 10.2. The van der Waals surface area contributed by atoms with Crippen molar-refractivity contribution in [3.63, 3.8) is 0 Å². The summed E-state index contributed by atoms with van der Waals surface area (Å²) < 4.78 is 7.62. The lowest BCUT2D eigenvalue weighted by Crippen LogP contribution is -2.47. The lowest BCUT2D eigenvalue weighted by atomic mass is 9.82. The molecule has 1 N–H and O–H groups in total. The molecular weight excluding hydrogens is 510 g/mol. The van der Waals surface area contributed by atoms with Crippen molar-refractivity contribution in [1.29, 1.82) is 0 Å². The summed E-state index contributed by atoms with van der Waals surface area (Å²) in [6.07, 6.45) is 16.5. The average molecular weight is 546 g/mol. The Hall–Kier alpha value is -3.23. The molecule has 1 saturated heterocycles. The molecule has 0 bridgehead atoms. The highest BCUT2D eigenvalue weighted by Gasteiger charge is 2.36. The Morgan fingerprint density at radius 2 is 1.92 bits per heavy atom. The number of fused-ring (bicyclic) bond motifs is 1. The molecule has 1 aliphatic heterocycles. The number of nitrogens with zero attached hydrogens (tertiary/aromatic N) is 3. The van der Waals surface area contributed by atoms with Gasteiger partial charge in [0.2, 0.25) is 5.91 Å². The molecule has 1 unspecified atom stereocenters. The molecule has 0 radical (unpaired) electrons. The number of rotatable bonds is 6. The van der Waals surface area contributed by atoms with E-state index in [-0.39, 0.29) is 28.7 Å². The molecule has 8 heteroatoms. The summed E-state index contributed by atoms with van der Waals surface area (Å²) in [5.74, 6) is -0.135. The third kappa shape index (κ3) is 5.32. The summed E-state index contributed by atoms with van der Waals surface area (Å²) in [7, 11) is 0. The van der Waals surface area contributed by atoms with Gasteiger partial charge in [-0.05, 0) is 74.6 Å². The Morgan fingerprint density at radius 1 is 1.13 bits per heavy atom. The van der Waals surface area contributed by atoms with Crippen LogP contribution in [-0.2, 0) is 9.53 Å². The number of aromatic carboxylic acids is 1. The van der Waals surface area contributed by atoms with E-state index in [0.29, 0.717) is 24.8 Å². The van der Waals surface area contributed by atoms with Gasteiger partial charge in [0, 0.05) is 48.4 Å². The van der Waals surface area contributed by atoms with Crippen LogP contribution in [0.15, 0.2) is 54.9 Å². The Kier molecular flexibility index (Phi) is 7.40. The van der Waals surface area contributed by atoms with Crippen LogP contribution in [0, 0.1) is 11.8 Å². The van der Waals surface area contributed by atoms with Gasteiger partial charge in [0.15, 0.2) is 0 Å². The summed E-state index contributed by atoms with van der Waals surface area (Å²) in [6.45, 7) is 3.43. The third-order valence-corrected chi connectivity index (χ3v) is 9.63. The Morgan fingerprint density at radius 3 is 2.62 bits per heavy atom. The number of carbonyl (C=O) groups excluding carboxylic acids is 1. The molecule has 2 fully saturated rings. The predicted octanol–water partition coefficient (Wildman–Crippen LogP) is 6.56. The SMILES string of the molecule is CC1CCC(C(=O)N(c2cc(C3=CCC(c4cn5ccccc5n4)C=C3)sc2C(=O)O)C2CCOCC2)CC1. The number of ether oxygens (including phenoxy) is 1. The van der Waals surface area contributed by atoms with E-state index in [1.54, 1.807) is 0 Å². The van der Waals surface area contributed by atoms with Crippen LogP contribution in [0.3, 0.4) is 0 Å². The topological polar surface area (TPSA) is 84.1 Å². The van der Waals surface area contributed by atoms with Crippen molar-refractivity contribution in [3.05, 3.63) is 70.3 Å². The molecule has 2 aliphatic carbocycles. The lowest BCUT2D eigenvalue weighted by molar-refractivity contribution is -0.124. The van der Waals surface area contributed by atoms with Crippen molar-refractivity contribution in [2.75, 3.05) is 18.1 Å². The van der Waals surface area contributed by atoms with Crippen LogP contribution in [0.1, 0.15) is 78.0 Å². The number of imidazole rings is 1. The smallest absolute Gasteiger partial charge is 0.348 e. The second kappa shape index (κ2) is 11.1. The van der Waals surface area contributed by atoms with Gasteiger partial charge < -0.3 is 19.1 Å². The molecule has 4 heterocycles. The molecule has 39 heavy (non-hydrogen) atoms. The van der Waals surface area contributed by atoms with Gasteiger partial charge >= 0.3 is 5.97 Å². The van der Waals surface area contributed by atoms with Crippen molar-refractivity contribution < 1.29 is 19.4 Å². The number of aromatic nitrogens is 2. The zero-order valence-electron chi connectivity index (χ0n) is 22.3. The van der Waals surface area contributed by atoms with E-state index in [4.69, 9.17) is 9.72 Å². The molecule has 1 atom stereocenters. The van der Waals surface area contributed by atoms with Crippen molar-refractivity contribution in [3.8, 4) is 0 Å². The minimum atomic E-state index is -0.980. The summed E-state index contributed by atoms with van der Waals surface area (Å²) in [4.78, 5) is 34.2. The number of hydrogen-bond donors (Lipinski definition) is 1. The van der Waals surface area contributed by atoms with Crippen molar-refractivity contribution in [2.24, 2.45) is 11.8 Å². The monoisotopic (exact) mass is 545 g/mol. The van der Waals surface area contributed by atoms with Crippen LogP contribution < -0.4 is 4.90 Å². The second-order valence-electron chi connectivity index (χ2n) is 11.1. The summed E-state index contributed by atoms with van der Waals surface area (Å²) in [6, 6.07) is 7.87. The number of carbonyl (C=O) groups is 2. The van der Waals surface area contributed by atoms with E-state index in [9.17, 15) is 14.7 Å². The number of allylic oxidation sites excluding steroid dienone is 4. The van der Waals surface area contributed by atoms with Crippen LogP contribution in [0.2, 0.25) is 0 Å². The highest BCUT2D eigenvalue weighted by atomic mass is 32.1. The number of hydrogen-bond acceptors (Lipinski definition) is 5. The van der Waals surface area contributed by atoms with Gasteiger partial charge in [0.05, 0.1) is 11.4 Å². The van der Waals surface area contributed by atoms with Gasteiger partial charge in [-0.25, -0.2) is 9.78 Å². The highest BCUT2D eigenvalue weighted by molar-refractivity contribution is 7.15. The van der Waals surface area contributed by atoms with E-state index in [2.05, 4.69) is 31.3 Å². The Labute approximate surface area is 232 Å². The molecule has 3 aliphatic rings. The molecule has 3 aromatic heterocycles. The molecular formula is C31H35N3O4S. The fourth-order valence-electron chi connectivity index (χ4n) is 6.15. The number of amides is 1. The Bertz CT molecular complexity index is 1390. The number of carboxylic acid groups (broad SMARTS) is 1. The minimum absolute atomic E-state index is 0.0403. The van der Waals surface area contributed by atoms with Gasteiger partial charge in [0.1, 0.15) is 10.5 Å². The highest BCUT2D eigenvalue weighted by Crippen LogP contribution is 2.41. The first-order chi connectivity index (χ1) is 19.0. The van der Waals surface area contributed by atoms with Crippen molar-refractivity contribution >= 4 is 40.1 Å². The standard InChI is InChI=1S/C31H35N3O4S/c1-20-5-7-23(8-6-20)30(35)34(24-13-16-38-17-14-24)26-18-27(39-29(26)31(36)37)22-11-9-21(10-12-22)25-19-33-15-3-2-4-28(33)32-25/h2-4,9,11-12,15,18-21,23-24H,5-8,10,13-14,16-17H2,1H3,(H,36,37). The van der Waals surface area contributed by atoms with Gasteiger partial charge in [-0.3, -0.25) is 4.79 Å². The normalized spacial score (nSPS) is 24.0. The quantitative estimate of drug-likeness (QED) is 0.379. The molecule has 0 spiro atoms. The first-order valence-electron chi connectivity index (χ1n) is 14.1. The molecule has 1 amide bonds. The molecule has 7 nitrogen and oxygen atoms in total. The first kappa shape index (κ1) is 26.0. The minimum Gasteiger partial charge on any atom is -0.477 e. The summed E-state index contributed by atoms with van der Waals surface area (Å²) in [5.41, 5.74) is 3.49. The largest absolute Gasteiger partial charge is 0.477 e. The Balaban J connectivity index is 1.29. The van der Waals surface area contributed by atoms with Crippen LogP contribution >= 0.6 is 11.3 Å². The maximum Gasteiger partial charge on any atom is 0.348 e. The van der Waals surface area contributed by atoms with Crippen LogP contribution in [0.5, 0.6) is 0 Å². The maximum atomic E-state index is 14.0. The third-order valence-electron chi connectivity index (χ3n) is 8.47. The average Bonchev–Trinajstić information content (AvgIpc) is 3.60. The van der Waals surface area contributed by atoms with E-state index in [1.165, 1.54) is 11.3 Å².